The molecule has 0 aliphatic heterocycles. The lowest BCUT2D eigenvalue weighted by molar-refractivity contribution is -0.0118. The lowest BCUT2D eigenvalue weighted by Gasteiger charge is -2.37. The zero-order valence-corrected chi connectivity index (χ0v) is 11.8. The van der Waals surface area contributed by atoms with Crippen LogP contribution in [-0.4, -0.2) is 24.8 Å². The topological polar surface area (TPSA) is 21.3 Å². The molecule has 1 atom stereocenters. The molecule has 2 rings (SSSR count). The number of nitrogens with one attached hydrogen (secondary N) is 1. The Bertz CT molecular complexity index is 344. The first-order valence-corrected chi connectivity index (χ1v) is 7.42. The third-order valence-corrected chi connectivity index (χ3v) is 4.34. The summed E-state index contributed by atoms with van der Waals surface area (Å²) in [6, 6.07) is 5.70. The van der Waals surface area contributed by atoms with Gasteiger partial charge in [-0.15, -0.1) is 11.3 Å². The zero-order chi connectivity index (χ0) is 12.3. The Morgan fingerprint density at radius 2 is 2.24 bits per heavy atom. The summed E-state index contributed by atoms with van der Waals surface area (Å²) in [7, 11) is 0. The summed E-state index contributed by atoms with van der Waals surface area (Å²) in [4.78, 5) is 2.90. The molecular weight excluding hydrogens is 230 g/mol. The van der Waals surface area contributed by atoms with Crippen molar-refractivity contribution in [1.82, 2.24) is 5.32 Å². The molecule has 1 unspecified atom stereocenters. The summed E-state index contributed by atoms with van der Waals surface area (Å²) >= 11 is 1.91. The SMILES string of the molecule is CCOC1CC(NC(C)Cc2ccc(C)s2)C1. The van der Waals surface area contributed by atoms with Crippen LogP contribution < -0.4 is 5.32 Å². The molecule has 17 heavy (non-hydrogen) atoms. The normalized spacial score (nSPS) is 25.6. The summed E-state index contributed by atoms with van der Waals surface area (Å²) in [6.45, 7) is 7.37. The fourth-order valence-corrected chi connectivity index (χ4v) is 3.45. The molecule has 0 bridgehead atoms. The summed E-state index contributed by atoms with van der Waals surface area (Å²) < 4.78 is 5.57. The first-order chi connectivity index (χ1) is 8.17. The molecule has 1 saturated carbocycles. The highest BCUT2D eigenvalue weighted by molar-refractivity contribution is 7.11. The molecule has 0 aromatic carbocycles. The Balaban J connectivity index is 1.67. The van der Waals surface area contributed by atoms with Gasteiger partial charge >= 0.3 is 0 Å². The van der Waals surface area contributed by atoms with Crippen LogP contribution in [-0.2, 0) is 11.2 Å². The van der Waals surface area contributed by atoms with E-state index in [1.807, 2.05) is 11.3 Å². The molecule has 0 spiro atoms. The van der Waals surface area contributed by atoms with Gasteiger partial charge in [0.25, 0.3) is 0 Å². The molecular formula is C14H23NOS. The number of thiophene rings is 1. The van der Waals surface area contributed by atoms with Crippen LogP contribution >= 0.6 is 11.3 Å². The van der Waals surface area contributed by atoms with Crippen LogP contribution in [0.25, 0.3) is 0 Å². The molecule has 1 aliphatic rings. The van der Waals surface area contributed by atoms with Crippen LogP contribution in [0.1, 0.15) is 36.4 Å². The van der Waals surface area contributed by atoms with Gasteiger partial charge in [-0.3, -0.25) is 0 Å². The largest absolute Gasteiger partial charge is 0.378 e. The van der Waals surface area contributed by atoms with Gasteiger partial charge in [-0.2, -0.15) is 0 Å². The molecule has 0 saturated heterocycles. The number of hydrogen-bond acceptors (Lipinski definition) is 3. The van der Waals surface area contributed by atoms with E-state index in [0.29, 0.717) is 18.2 Å². The van der Waals surface area contributed by atoms with Crippen LogP contribution in [0.15, 0.2) is 12.1 Å². The van der Waals surface area contributed by atoms with E-state index < -0.39 is 0 Å². The average molecular weight is 253 g/mol. The number of ether oxygens (including phenoxy) is 1. The molecule has 2 nitrogen and oxygen atoms in total. The summed E-state index contributed by atoms with van der Waals surface area (Å²) in [5.74, 6) is 0. The van der Waals surface area contributed by atoms with E-state index >= 15 is 0 Å². The van der Waals surface area contributed by atoms with Crippen molar-refractivity contribution in [3.63, 3.8) is 0 Å². The fraction of sp³-hybridized carbons (Fsp3) is 0.714. The second kappa shape index (κ2) is 5.98. The number of rotatable bonds is 6. The van der Waals surface area contributed by atoms with Gasteiger partial charge in [0.2, 0.25) is 0 Å². The molecule has 1 heterocycles. The maximum absolute atomic E-state index is 5.57. The van der Waals surface area contributed by atoms with Crippen molar-refractivity contribution in [2.24, 2.45) is 0 Å². The van der Waals surface area contributed by atoms with E-state index in [1.165, 1.54) is 22.6 Å². The van der Waals surface area contributed by atoms with Crippen molar-refractivity contribution in [1.29, 1.82) is 0 Å². The maximum atomic E-state index is 5.57. The van der Waals surface area contributed by atoms with Crippen LogP contribution in [0.4, 0.5) is 0 Å². The van der Waals surface area contributed by atoms with E-state index in [9.17, 15) is 0 Å². The van der Waals surface area contributed by atoms with Gasteiger partial charge in [0.15, 0.2) is 0 Å². The Hall–Kier alpha value is -0.380. The Morgan fingerprint density at radius 3 is 2.82 bits per heavy atom. The highest BCUT2D eigenvalue weighted by atomic mass is 32.1. The quantitative estimate of drug-likeness (QED) is 0.841. The van der Waals surface area contributed by atoms with E-state index in [4.69, 9.17) is 4.74 Å². The van der Waals surface area contributed by atoms with Gasteiger partial charge in [0.05, 0.1) is 6.10 Å². The lowest BCUT2D eigenvalue weighted by atomic mass is 9.88. The average Bonchev–Trinajstić information content (AvgIpc) is 2.61. The maximum Gasteiger partial charge on any atom is 0.0604 e. The van der Waals surface area contributed by atoms with E-state index in [2.05, 4.69) is 38.2 Å². The minimum atomic E-state index is 0.508. The predicted octanol–water partition coefficient (Wildman–Crippen LogP) is 3.14. The monoisotopic (exact) mass is 253 g/mol. The van der Waals surface area contributed by atoms with Gasteiger partial charge in [-0.1, -0.05) is 0 Å². The molecule has 1 N–H and O–H groups in total. The summed E-state index contributed by atoms with van der Waals surface area (Å²) in [5, 5.41) is 3.69. The Morgan fingerprint density at radius 1 is 1.47 bits per heavy atom. The smallest absolute Gasteiger partial charge is 0.0604 e. The van der Waals surface area contributed by atoms with Crippen LogP contribution in [0.2, 0.25) is 0 Å². The number of hydrogen-bond donors (Lipinski definition) is 1. The standard InChI is InChI=1S/C14H23NOS/c1-4-16-13-8-12(9-13)15-10(2)7-14-6-5-11(3)17-14/h5-6,10,12-13,15H,4,7-9H2,1-3H3. The van der Waals surface area contributed by atoms with Crippen LogP contribution in [0.3, 0.4) is 0 Å². The van der Waals surface area contributed by atoms with Crippen LogP contribution in [0, 0.1) is 6.92 Å². The van der Waals surface area contributed by atoms with Crippen molar-refractivity contribution < 1.29 is 4.74 Å². The van der Waals surface area contributed by atoms with Crippen molar-refractivity contribution >= 4 is 11.3 Å². The first kappa shape index (κ1) is 13.1. The molecule has 96 valence electrons. The highest BCUT2D eigenvalue weighted by Gasteiger charge is 2.30. The van der Waals surface area contributed by atoms with Crippen molar-refractivity contribution in [3.05, 3.63) is 21.9 Å². The highest BCUT2D eigenvalue weighted by Crippen LogP contribution is 2.24. The summed E-state index contributed by atoms with van der Waals surface area (Å²) in [6.07, 6.45) is 4.02. The van der Waals surface area contributed by atoms with Crippen molar-refractivity contribution in [3.8, 4) is 0 Å². The molecule has 0 amide bonds. The molecule has 1 fully saturated rings. The van der Waals surface area contributed by atoms with Crippen LogP contribution in [0.5, 0.6) is 0 Å². The third-order valence-electron chi connectivity index (χ3n) is 3.32. The minimum Gasteiger partial charge on any atom is -0.378 e. The van der Waals surface area contributed by atoms with Gasteiger partial charge in [-0.05, 0) is 52.2 Å². The second-order valence-corrected chi connectivity index (χ2v) is 6.40. The van der Waals surface area contributed by atoms with E-state index in [-0.39, 0.29) is 0 Å². The van der Waals surface area contributed by atoms with Gasteiger partial charge < -0.3 is 10.1 Å². The molecule has 1 aromatic heterocycles. The number of aryl methyl sites for hydroxylation is 1. The minimum absolute atomic E-state index is 0.508. The van der Waals surface area contributed by atoms with Crippen molar-refractivity contribution in [2.75, 3.05) is 6.61 Å². The van der Waals surface area contributed by atoms with Gasteiger partial charge in [-0.25, -0.2) is 0 Å². The van der Waals surface area contributed by atoms with E-state index in [0.717, 1.165) is 13.0 Å². The van der Waals surface area contributed by atoms with Crippen molar-refractivity contribution in [2.45, 2.75) is 58.2 Å². The third kappa shape index (κ3) is 3.80. The molecule has 1 aliphatic carbocycles. The Kier molecular flexibility index (Phi) is 4.60. The second-order valence-electron chi connectivity index (χ2n) is 5.03. The molecule has 1 aromatic rings. The van der Waals surface area contributed by atoms with Gasteiger partial charge in [0.1, 0.15) is 0 Å². The molecule has 3 heteroatoms. The Labute approximate surface area is 108 Å². The van der Waals surface area contributed by atoms with Gasteiger partial charge in [0, 0.05) is 28.4 Å². The van der Waals surface area contributed by atoms with E-state index in [1.54, 1.807) is 0 Å². The fourth-order valence-electron chi connectivity index (χ4n) is 2.43. The molecule has 0 radical (unpaired) electrons. The predicted molar refractivity (Wildman–Crippen MR) is 73.8 cm³/mol. The first-order valence-electron chi connectivity index (χ1n) is 6.60. The summed E-state index contributed by atoms with van der Waals surface area (Å²) in [5.41, 5.74) is 0. The zero-order valence-electron chi connectivity index (χ0n) is 11.0. The lowest BCUT2D eigenvalue weighted by Crippen LogP contribution is -2.49.